The van der Waals surface area contributed by atoms with Gasteiger partial charge < -0.3 is 29.2 Å². The van der Waals surface area contributed by atoms with Crippen molar-refractivity contribution in [3.63, 3.8) is 0 Å². The molecule has 13 heteroatoms. The lowest BCUT2D eigenvalue weighted by molar-refractivity contribution is -0.0691. The van der Waals surface area contributed by atoms with Crippen LogP contribution >= 0.6 is 0 Å². The third kappa shape index (κ3) is 5.27. The number of nitrogens with zero attached hydrogens (tertiary/aromatic N) is 8. The van der Waals surface area contributed by atoms with Gasteiger partial charge in [-0.05, 0) is 62.1 Å². The molecule has 0 aromatic carbocycles. The average molecular weight is 650 g/mol. The quantitative estimate of drug-likeness (QED) is 0.271. The Labute approximate surface area is 277 Å². The van der Waals surface area contributed by atoms with E-state index in [-0.39, 0.29) is 23.5 Å². The number of pyridine rings is 3. The lowest BCUT2D eigenvalue weighted by Crippen LogP contribution is -2.59. The first kappa shape index (κ1) is 30.5. The molecule has 1 atom stereocenters. The summed E-state index contributed by atoms with van der Waals surface area (Å²) in [6.07, 6.45) is 9.95. The number of fused-ring (bicyclic) bond motifs is 3. The lowest BCUT2D eigenvalue weighted by Gasteiger charge is -2.46. The number of anilines is 3. The molecule has 0 unspecified atom stereocenters. The smallest absolute Gasteiger partial charge is 0.282 e. The molecule has 0 radical (unpaired) electrons. The molecule has 3 aliphatic rings. The molecular weight excluding hydrogens is 610 g/mol. The number of aryl methyl sites for hydroxylation is 3. The number of hydrogen-bond acceptors (Lipinski definition) is 10. The van der Waals surface area contributed by atoms with Gasteiger partial charge in [0, 0.05) is 68.5 Å². The van der Waals surface area contributed by atoms with Gasteiger partial charge in [-0.3, -0.25) is 14.5 Å². The number of aromatic nitrogens is 6. The summed E-state index contributed by atoms with van der Waals surface area (Å²) in [4.78, 5) is 41.0. The molecule has 2 N–H and O–H groups in total. The third-order valence-corrected chi connectivity index (χ3v) is 10.0. The van der Waals surface area contributed by atoms with Gasteiger partial charge in [-0.25, -0.2) is 9.97 Å². The van der Waals surface area contributed by atoms with Gasteiger partial charge in [-0.2, -0.15) is 9.78 Å². The molecule has 0 bridgehead atoms. The van der Waals surface area contributed by atoms with Gasteiger partial charge in [0.2, 0.25) is 0 Å². The van der Waals surface area contributed by atoms with Crippen LogP contribution in [0.5, 0.6) is 0 Å². The van der Waals surface area contributed by atoms with Gasteiger partial charge in [0.25, 0.3) is 11.1 Å². The van der Waals surface area contributed by atoms with E-state index in [4.69, 9.17) is 4.74 Å². The zero-order valence-electron chi connectivity index (χ0n) is 27.2. The van der Waals surface area contributed by atoms with Gasteiger partial charge in [0.1, 0.15) is 11.5 Å². The molecule has 248 valence electrons. The third-order valence-electron chi connectivity index (χ3n) is 10.0. The number of aliphatic hydroxyl groups excluding tert-OH is 1. The highest BCUT2D eigenvalue weighted by atomic mass is 16.5. The van der Waals surface area contributed by atoms with Crippen molar-refractivity contribution >= 4 is 28.1 Å². The van der Waals surface area contributed by atoms with Crippen molar-refractivity contribution in [2.45, 2.75) is 51.4 Å². The van der Waals surface area contributed by atoms with Crippen LogP contribution in [0.15, 0.2) is 64.7 Å². The van der Waals surface area contributed by atoms with Crippen LogP contribution in [-0.2, 0) is 31.4 Å². The SMILES string of the molecule is C[C@H]1CN(C2COC2)CCN1c1ccc(Nc2cc(-c3ccnc(-n4ncc5c(cc6n5CCCC6)c4=O)c3CO)cn(C)c2=O)nc1. The van der Waals surface area contributed by atoms with Crippen LogP contribution in [0.1, 0.15) is 31.0 Å². The van der Waals surface area contributed by atoms with Gasteiger partial charge in [0.05, 0.1) is 54.8 Å². The molecule has 13 nitrogen and oxygen atoms in total. The predicted octanol–water partition coefficient (Wildman–Crippen LogP) is 2.82. The first-order valence-electron chi connectivity index (χ1n) is 16.6. The maximum Gasteiger partial charge on any atom is 0.282 e. The van der Waals surface area contributed by atoms with Crippen molar-refractivity contribution in [3.8, 4) is 16.9 Å². The molecule has 0 saturated carbocycles. The fraction of sp³-hybridized carbons (Fsp3) is 0.400. The maximum absolute atomic E-state index is 13.7. The zero-order valence-corrected chi connectivity index (χ0v) is 27.2. The predicted molar refractivity (Wildman–Crippen MR) is 183 cm³/mol. The van der Waals surface area contributed by atoms with E-state index in [1.165, 1.54) is 9.25 Å². The van der Waals surface area contributed by atoms with Crippen LogP contribution in [0, 0.1) is 0 Å². The van der Waals surface area contributed by atoms with Crippen LogP contribution < -0.4 is 21.3 Å². The summed E-state index contributed by atoms with van der Waals surface area (Å²) < 4.78 is 10.3. The summed E-state index contributed by atoms with van der Waals surface area (Å²) in [5, 5.41) is 18.9. The normalized spacial score (nSPS) is 18.6. The molecule has 48 heavy (non-hydrogen) atoms. The Balaban J connectivity index is 1.08. The second kappa shape index (κ2) is 12.3. The van der Waals surface area contributed by atoms with Gasteiger partial charge in [0.15, 0.2) is 5.82 Å². The highest BCUT2D eigenvalue weighted by Gasteiger charge is 2.32. The van der Waals surface area contributed by atoms with E-state index in [1.807, 2.05) is 24.4 Å². The molecule has 8 heterocycles. The van der Waals surface area contributed by atoms with E-state index in [0.717, 1.165) is 75.6 Å². The topological polar surface area (TPSA) is 136 Å². The second-order valence-electron chi connectivity index (χ2n) is 13.0. The van der Waals surface area contributed by atoms with E-state index < -0.39 is 0 Å². The van der Waals surface area contributed by atoms with Gasteiger partial charge >= 0.3 is 0 Å². The van der Waals surface area contributed by atoms with E-state index in [1.54, 1.807) is 37.8 Å². The summed E-state index contributed by atoms with van der Waals surface area (Å²) >= 11 is 0. The van der Waals surface area contributed by atoms with Crippen molar-refractivity contribution in [1.82, 2.24) is 33.8 Å². The van der Waals surface area contributed by atoms with Crippen molar-refractivity contribution in [1.29, 1.82) is 0 Å². The highest BCUT2D eigenvalue weighted by Crippen LogP contribution is 2.30. The van der Waals surface area contributed by atoms with Crippen LogP contribution in [0.4, 0.5) is 17.2 Å². The number of aliphatic hydroxyl groups is 1. The molecular formula is C35H39N9O4. The average Bonchev–Trinajstić information content (AvgIpc) is 3.46. The molecule has 3 aliphatic heterocycles. The van der Waals surface area contributed by atoms with Gasteiger partial charge in [-0.1, -0.05) is 0 Å². The second-order valence-corrected chi connectivity index (χ2v) is 13.0. The number of ether oxygens (including phenoxy) is 1. The Morgan fingerprint density at radius 2 is 1.90 bits per heavy atom. The molecule has 2 saturated heterocycles. The Morgan fingerprint density at radius 1 is 1.02 bits per heavy atom. The molecule has 8 rings (SSSR count). The van der Waals surface area contributed by atoms with Crippen molar-refractivity contribution in [2.75, 3.05) is 43.1 Å². The first-order valence-corrected chi connectivity index (χ1v) is 16.6. The summed E-state index contributed by atoms with van der Waals surface area (Å²) in [5.41, 5.74) is 4.56. The van der Waals surface area contributed by atoms with E-state index in [0.29, 0.717) is 45.7 Å². The monoisotopic (exact) mass is 649 g/mol. The van der Waals surface area contributed by atoms with Gasteiger partial charge in [-0.15, -0.1) is 0 Å². The van der Waals surface area contributed by atoms with E-state index in [2.05, 4.69) is 41.7 Å². The number of rotatable bonds is 7. The number of hydrogen-bond donors (Lipinski definition) is 2. The standard InChI is InChI=1S/C35H39N9O4/c1-22-17-41(26-20-48-21-26)11-12-42(22)25-6-7-32(37-15-25)39-30-13-23(18-40(2)35(30)47)27-8-9-36-33(29(27)19-45)44-34(46)28-14-24-5-3-4-10-43(24)31(28)16-38-44/h6-9,13-16,18,22,26,45H,3-5,10-12,17,19-21H2,1-2H3,(H,37,39)/t22-/m0/s1. The molecule has 2 fully saturated rings. The zero-order chi connectivity index (χ0) is 32.9. The Bertz CT molecular complexity index is 2120. The summed E-state index contributed by atoms with van der Waals surface area (Å²) in [7, 11) is 1.68. The summed E-state index contributed by atoms with van der Waals surface area (Å²) in [5.74, 6) is 0.797. The molecule has 0 spiro atoms. The van der Waals surface area contributed by atoms with Crippen molar-refractivity contribution in [3.05, 3.63) is 87.1 Å². The molecule has 5 aromatic rings. The van der Waals surface area contributed by atoms with Crippen LogP contribution in [0.2, 0.25) is 0 Å². The fourth-order valence-corrected chi connectivity index (χ4v) is 7.35. The minimum atomic E-state index is -0.382. The fourth-order valence-electron chi connectivity index (χ4n) is 7.35. The minimum absolute atomic E-state index is 0.227. The van der Waals surface area contributed by atoms with Crippen LogP contribution in [0.3, 0.4) is 0 Å². The molecule has 5 aromatic heterocycles. The van der Waals surface area contributed by atoms with Crippen molar-refractivity contribution in [2.24, 2.45) is 7.05 Å². The largest absolute Gasteiger partial charge is 0.392 e. The maximum atomic E-state index is 13.7. The highest BCUT2D eigenvalue weighted by molar-refractivity contribution is 5.80. The van der Waals surface area contributed by atoms with Crippen LogP contribution in [-0.4, -0.2) is 83.8 Å². The molecule has 0 aliphatic carbocycles. The lowest BCUT2D eigenvalue weighted by atomic mass is 10.0. The Hall–Kier alpha value is -4.85. The van der Waals surface area contributed by atoms with Crippen LogP contribution in [0.25, 0.3) is 27.8 Å². The van der Waals surface area contributed by atoms with E-state index >= 15 is 0 Å². The van der Waals surface area contributed by atoms with E-state index in [9.17, 15) is 14.7 Å². The summed E-state index contributed by atoms with van der Waals surface area (Å²) in [6.45, 7) is 7.25. The number of nitrogens with one attached hydrogen (secondary N) is 1. The molecule has 0 amide bonds. The Morgan fingerprint density at radius 3 is 2.65 bits per heavy atom. The Kier molecular flexibility index (Phi) is 7.82. The van der Waals surface area contributed by atoms with Crippen molar-refractivity contribution < 1.29 is 9.84 Å². The minimum Gasteiger partial charge on any atom is -0.392 e. The first-order chi connectivity index (χ1) is 23.4. The summed E-state index contributed by atoms with van der Waals surface area (Å²) in [6, 6.07) is 10.3. The number of piperazine rings is 1.